The van der Waals surface area contributed by atoms with E-state index in [0.717, 1.165) is 48.5 Å². The van der Waals surface area contributed by atoms with Crippen LogP contribution >= 0.6 is 0 Å². The zero-order valence-corrected chi connectivity index (χ0v) is 20.0. The first-order valence-corrected chi connectivity index (χ1v) is 11.8. The maximum Gasteiger partial charge on any atom is 0.416 e. The van der Waals surface area contributed by atoms with E-state index in [-0.39, 0.29) is 5.95 Å². The molecular formula is C25H24F4N8O. The van der Waals surface area contributed by atoms with Gasteiger partial charge in [0.05, 0.1) is 28.7 Å². The van der Waals surface area contributed by atoms with Gasteiger partial charge in [-0.2, -0.15) is 13.2 Å². The number of halogens is 4. The number of hydrogen-bond donors (Lipinski definition) is 4. The average molecular weight is 529 g/mol. The summed E-state index contributed by atoms with van der Waals surface area (Å²) >= 11 is 0. The summed E-state index contributed by atoms with van der Waals surface area (Å²) in [6, 6.07) is 9.78. The minimum absolute atomic E-state index is 0.156. The number of carbonyl (C=O) groups is 1. The third kappa shape index (κ3) is 5.53. The predicted molar refractivity (Wildman–Crippen MR) is 135 cm³/mol. The zero-order chi connectivity index (χ0) is 26.9. The van der Waals surface area contributed by atoms with Crippen LogP contribution in [0.3, 0.4) is 0 Å². The van der Waals surface area contributed by atoms with Crippen LogP contribution in [-0.2, 0) is 12.7 Å². The molecule has 3 heterocycles. The fourth-order valence-electron chi connectivity index (χ4n) is 4.33. The van der Waals surface area contributed by atoms with Crippen molar-refractivity contribution in [1.29, 1.82) is 0 Å². The number of rotatable bonds is 5. The van der Waals surface area contributed by atoms with E-state index in [0.29, 0.717) is 30.4 Å². The van der Waals surface area contributed by atoms with Gasteiger partial charge in [-0.15, -0.1) is 5.10 Å². The summed E-state index contributed by atoms with van der Waals surface area (Å²) in [5.74, 6) is -0.826. The van der Waals surface area contributed by atoms with Crippen LogP contribution in [0.2, 0.25) is 0 Å². The van der Waals surface area contributed by atoms with Crippen molar-refractivity contribution in [1.82, 2.24) is 24.8 Å². The van der Waals surface area contributed by atoms with E-state index in [1.54, 1.807) is 35.0 Å². The highest BCUT2D eigenvalue weighted by atomic mass is 19.4. The Morgan fingerprint density at radius 3 is 2.50 bits per heavy atom. The quantitative estimate of drug-likeness (QED) is 0.289. The van der Waals surface area contributed by atoms with Gasteiger partial charge < -0.3 is 21.7 Å². The lowest BCUT2D eigenvalue weighted by atomic mass is 10.1. The maximum absolute atomic E-state index is 14.0. The largest absolute Gasteiger partial charge is 0.416 e. The Morgan fingerprint density at radius 2 is 1.79 bits per heavy atom. The Labute approximate surface area is 214 Å². The van der Waals surface area contributed by atoms with Gasteiger partial charge in [-0.3, -0.25) is 4.90 Å². The van der Waals surface area contributed by atoms with Crippen molar-refractivity contribution >= 4 is 28.9 Å². The van der Waals surface area contributed by atoms with E-state index in [1.165, 1.54) is 0 Å². The molecule has 0 bridgehead atoms. The van der Waals surface area contributed by atoms with Gasteiger partial charge >= 0.3 is 12.2 Å². The predicted octanol–water partition coefficient (Wildman–Crippen LogP) is 4.19. The highest BCUT2D eigenvalue weighted by Gasteiger charge is 2.31. The molecule has 1 saturated heterocycles. The van der Waals surface area contributed by atoms with Gasteiger partial charge in [0, 0.05) is 44.0 Å². The maximum atomic E-state index is 14.0. The van der Waals surface area contributed by atoms with E-state index in [4.69, 9.17) is 5.73 Å². The molecule has 1 aliphatic rings. The summed E-state index contributed by atoms with van der Waals surface area (Å²) in [5, 5.41) is 12.3. The summed E-state index contributed by atoms with van der Waals surface area (Å²) in [6.07, 6.45) is -3.01. The van der Waals surface area contributed by atoms with Gasteiger partial charge in [-0.05, 0) is 42.0 Å². The molecule has 198 valence electrons. The Kier molecular flexibility index (Phi) is 6.87. The fourth-order valence-corrected chi connectivity index (χ4v) is 4.33. The number of nitrogen functional groups attached to an aromatic ring is 1. The van der Waals surface area contributed by atoms with Gasteiger partial charge in [-0.1, -0.05) is 12.1 Å². The van der Waals surface area contributed by atoms with Crippen LogP contribution in [0.5, 0.6) is 0 Å². The van der Waals surface area contributed by atoms with Crippen molar-refractivity contribution in [2.45, 2.75) is 12.7 Å². The number of benzene rings is 2. The van der Waals surface area contributed by atoms with E-state index >= 15 is 0 Å². The van der Waals surface area contributed by atoms with E-state index in [9.17, 15) is 22.4 Å². The van der Waals surface area contributed by atoms with Crippen molar-refractivity contribution < 1.29 is 22.4 Å². The Bertz CT molecular complexity index is 1460. The molecule has 9 nitrogen and oxygen atoms in total. The van der Waals surface area contributed by atoms with Crippen LogP contribution < -0.4 is 21.7 Å². The van der Waals surface area contributed by atoms with E-state index in [1.807, 2.05) is 6.07 Å². The van der Waals surface area contributed by atoms with Crippen molar-refractivity contribution in [2.75, 3.05) is 42.5 Å². The number of hydrogen-bond acceptors (Lipinski definition) is 6. The fraction of sp³-hybridized carbons (Fsp3) is 0.240. The summed E-state index contributed by atoms with van der Waals surface area (Å²) in [6.45, 7) is 4.34. The van der Waals surface area contributed by atoms with Crippen LogP contribution in [0.15, 0.2) is 54.7 Å². The summed E-state index contributed by atoms with van der Waals surface area (Å²) in [7, 11) is 0. The lowest BCUT2D eigenvalue weighted by Gasteiger charge is -2.26. The molecular weight excluding hydrogens is 504 g/mol. The minimum Gasteiger partial charge on any atom is -0.367 e. The second kappa shape index (κ2) is 10.3. The van der Waals surface area contributed by atoms with Gasteiger partial charge in [0.2, 0.25) is 5.95 Å². The number of nitrogens with two attached hydrogens (primary N) is 1. The molecule has 2 amide bonds. The van der Waals surface area contributed by atoms with Crippen molar-refractivity contribution in [2.24, 2.45) is 0 Å². The molecule has 1 aliphatic heterocycles. The van der Waals surface area contributed by atoms with Gasteiger partial charge in [0.15, 0.2) is 0 Å². The third-order valence-electron chi connectivity index (χ3n) is 6.20. The minimum atomic E-state index is -4.67. The highest BCUT2D eigenvalue weighted by Crippen LogP contribution is 2.32. The number of alkyl halides is 3. The SMILES string of the molecule is Nc1ncc2c(-c3ccc(NC(=O)Nc4cc(C(F)(F)F)ccc4F)cc3)cc(CN3CCNCC3)n2n1. The van der Waals surface area contributed by atoms with Crippen LogP contribution in [0, 0.1) is 5.82 Å². The molecule has 38 heavy (non-hydrogen) atoms. The molecule has 0 saturated carbocycles. The molecule has 13 heteroatoms. The molecule has 4 aromatic rings. The van der Waals surface area contributed by atoms with Gasteiger partial charge in [0.1, 0.15) is 5.82 Å². The molecule has 0 aliphatic carbocycles. The highest BCUT2D eigenvalue weighted by molar-refractivity contribution is 6.00. The lowest BCUT2D eigenvalue weighted by Crippen LogP contribution is -2.43. The summed E-state index contributed by atoms with van der Waals surface area (Å²) in [5.41, 5.74) is 7.98. The Morgan fingerprint density at radius 1 is 1.05 bits per heavy atom. The van der Waals surface area contributed by atoms with Crippen LogP contribution in [-0.4, -0.2) is 51.7 Å². The first-order chi connectivity index (χ1) is 18.2. The zero-order valence-electron chi connectivity index (χ0n) is 20.0. The van der Waals surface area contributed by atoms with E-state index in [2.05, 4.69) is 30.9 Å². The smallest absolute Gasteiger partial charge is 0.367 e. The monoisotopic (exact) mass is 528 g/mol. The van der Waals surface area contributed by atoms with Crippen molar-refractivity contribution in [3.63, 3.8) is 0 Å². The third-order valence-corrected chi connectivity index (χ3v) is 6.20. The number of amides is 2. The van der Waals surface area contributed by atoms with Crippen LogP contribution in [0.4, 0.5) is 39.7 Å². The summed E-state index contributed by atoms with van der Waals surface area (Å²) < 4.78 is 54.5. The molecule has 0 radical (unpaired) electrons. The first-order valence-electron chi connectivity index (χ1n) is 11.8. The molecule has 0 spiro atoms. The van der Waals surface area contributed by atoms with Gasteiger partial charge in [-0.25, -0.2) is 18.7 Å². The molecule has 5 N–H and O–H groups in total. The number of urea groups is 1. The van der Waals surface area contributed by atoms with Gasteiger partial charge in [0.25, 0.3) is 0 Å². The lowest BCUT2D eigenvalue weighted by molar-refractivity contribution is -0.137. The number of nitrogens with one attached hydrogen (secondary N) is 3. The molecule has 0 unspecified atom stereocenters. The number of piperazine rings is 1. The normalized spacial score (nSPS) is 14.5. The topological polar surface area (TPSA) is 113 Å². The molecule has 5 rings (SSSR count). The number of anilines is 3. The molecule has 1 fully saturated rings. The number of nitrogens with zero attached hydrogens (tertiary/aromatic N) is 4. The summed E-state index contributed by atoms with van der Waals surface area (Å²) in [4.78, 5) is 18.8. The molecule has 0 atom stereocenters. The second-order valence-electron chi connectivity index (χ2n) is 8.84. The van der Waals surface area contributed by atoms with Crippen molar-refractivity contribution in [3.05, 3.63) is 71.8 Å². The Hall–Kier alpha value is -4.23. The average Bonchev–Trinajstić information content (AvgIpc) is 3.23. The number of fused-ring (bicyclic) bond motifs is 1. The Balaban J connectivity index is 1.33. The molecule has 2 aromatic heterocycles. The molecule has 2 aromatic carbocycles. The van der Waals surface area contributed by atoms with Crippen molar-refractivity contribution in [3.8, 4) is 11.1 Å². The first kappa shape index (κ1) is 25.4. The van der Waals surface area contributed by atoms with Crippen LogP contribution in [0.25, 0.3) is 16.6 Å². The van der Waals surface area contributed by atoms with Crippen LogP contribution in [0.1, 0.15) is 11.3 Å². The number of carbonyl (C=O) groups excluding carboxylic acids is 1. The van der Waals surface area contributed by atoms with E-state index < -0.39 is 29.3 Å². The number of aromatic nitrogens is 3. The second-order valence-corrected chi connectivity index (χ2v) is 8.84. The standard InChI is InChI=1S/C25H24F4N8O/c26-20-6-3-16(25(27,28)29)11-21(20)34-24(38)33-17-4-1-15(2-5-17)19-12-18(14-36-9-7-31-8-10-36)37-22(19)13-32-23(30)35-37/h1-6,11-13,31H,7-10,14H2,(H2,30,35)(H2,33,34,38).